The Balaban J connectivity index is 1.81. The first kappa shape index (κ1) is 16.1. The van der Waals surface area contributed by atoms with Gasteiger partial charge in [0, 0.05) is 12.1 Å². The van der Waals surface area contributed by atoms with Gasteiger partial charge >= 0.3 is 0 Å². The molecular weight excluding hydrogens is 266 g/mol. The Kier molecular flexibility index (Phi) is 5.86. The van der Waals surface area contributed by atoms with Crippen molar-refractivity contribution in [3.63, 3.8) is 0 Å². The van der Waals surface area contributed by atoms with E-state index in [1.54, 1.807) is 12.2 Å². The topological polar surface area (TPSA) is 70.9 Å². The highest BCUT2D eigenvalue weighted by atomic mass is 16.1. The van der Waals surface area contributed by atoms with Gasteiger partial charge in [0.15, 0.2) is 0 Å². The molecule has 0 radical (unpaired) electrons. The van der Waals surface area contributed by atoms with Gasteiger partial charge in [0.25, 0.3) is 0 Å². The van der Waals surface area contributed by atoms with Gasteiger partial charge in [-0.25, -0.2) is 19.6 Å². The molecule has 0 spiro atoms. The van der Waals surface area contributed by atoms with Crippen LogP contribution in [0.25, 0.3) is 0 Å². The van der Waals surface area contributed by atoms with Crippen LogP contribution in [0.15, 0.2) is 9.98 Å². The first-order chi connectivity index (χ1) is 10.1. The monoisotopic (exact) mass is 291 g/mol. The van der Waals surface area contributed by atoms with Crippen LogP contribution < -0.4 is 5.32 Å². The van der Waals surface area contributed by atoms with Crippen molar-refractivity contribution >= 4 is 12.2 Å². The summed E-state index contributed by atoms with van der Waals surface area (Å²) in [5.41, 5.74) is 0. The van der Waals surface area contributed by atoms with E-state index in [-0.39, 0.29) is 12.1 Å². The van der Waals surface area contributed by atoms with E-state index in [0.29, 0.717) is 23.9 Å². The van der Waals surface area contributed by atoms with Gasteiger partial charge in [-0.15, -0.1) is 0 Å². The number of nitrogens with one attached hydrogen (secondary N) is 1. The molecule has 2 saturated carbocycles. The molecule has 0 aromatic heterocycles. The molecule has 0 amide bonds. The highest BCUT2D eigenvalue weighted by Crippen LogP contribution is 2.30. The molecule has 1 N–H and O–H groups in total. The van der Waals surface area contributed by atoms with Crippen molar-refractivity contribution in [2.75, 3.05) is 0 Å². The fourth-order valence-corrected chi connectivity index (χ4v) is 3.92. The average Bonchev–Trinajstić information content (AvgIpc) is 2.45. The van der Waals surface area contributed by atoms with Gasteiger partial charge in [0.1, 0.15) is 0 Å². The normalized spacial score (nSPS) is 39.9. The molecule has 2 aliphatic carbocycles. The van der Waals surface area contributed by atoms with Gasteiger partial charge in [-0.05, 0) is 50.4 Å². The molecule has 2 aliphatic rings. The van der Waals surface area contributed by atoms with Gasteiger partial charge in [0.2, 0.25) is 12.2 Å². The third-order valence-corrected chi connectivity index (χ3v) is 5.16. The highest BCUT2D eigenvalue weighted by Gasteiger charge is 2.32. The molecule has 5 nitrogen and oxygen atoms in total. The molecule has 6 atom stereocenters. The average molecular weight is 291 g/mol. The summed E-state index contributed by atoms with van der Waals surface area (Å²) in [6, 6.07) is 1.33. The Morgan fingerprint density at radius 3 is 1.57 bits per heavy atom. The van der Waals surface area contributed by atoms with Crippen LogP contribution in [-0.4, -0.2) is 36.3 Å². The van der Waals surface area contributed by atoms with E-state index in [4.69, 9.17) is 0 Å². The largest absolute Gasteiger partial charge is 0.311 e. The molecule has 0 bridgehead atoms. The minimum Gasteiger partial charge on any atom is -0.311 e. The zero-order chi connectivity index (χ0) is 15.2. The zero-order valence-corrected chi connectivity index (χ0v) is 12.9. The van der Waals surface area contributed by atoms with E-state index >= 15 is 0 Å². The quantitative estimate of drug-likeness (QED) is 0.638. The summed E-state index contributed by atoms with van der Waals surface area (Å²) >= 11 is 0. The summed E-state index contributed by atoms with van der Waals surface area (Å²) in [5.74, 6) is 0.872. The van der Waals surface area contributed by atoms with Crippen molar-refractivity contribution in [3.05, 3.63) is 0 Å². The molecule has 2 rings (SSSR count). The van der Waals surface area contributed by atoms with Crippen LogP contribution in [0.3, 0.4) is 0 Å². The third kappa shape index (κ3) is 4.34. The Morgan fingerprint density at radius 2 is 1.24 bits per heavy atom. The van der Waals surface area contributed by atoms with Crippen LogP contribution >= 0.6 is 0 Å². The second-order valence-electron chi connectivity index (χ2n) is 6.72. The molecule has 0 saturated heterocycles. The van der Waals surface area contributed by atoms with Crippen LogP contribution in [0.4, 0.5) is 0 Å². The van der Waals surface area contributed by atoms with Crippen molar-refractivity contribution in [1.82, 2.24) is 5.32 Å². The number of aliphatic imine (C=N–C) groups is 2. The molecule has 21 heavy (non-hydrogen) atoms. The molecule has 116 valence electrons. The summed E-state index contributed by atoms with van der Waals surface area (Å²) in [6.45, 7) is 4.33. The Morgan fingerprint density at radius 1 is 0.810 bits per heavy atom. The number of hydrogen-bond acceptors (Lipinski definition) is 5. The smallest absolute Gasteiger partial charge is 0.235 e. The maximum absolute atomic E-state index is 10.4. The van der Waals surface area contributed by atoms with Crippen molar-refractivity contribution in [1.29, 1.82) is 0 Å². The van der Waals surface area contributed by atoms with Crippen LogP contribution in [-0.2, 0) is 9.59 Å². The predicted molar refractivity (Wildman–Crippen MR) is 80.6 cm³/mol. The summed E-state index contributed by atoms with van der Waals surface area (Å²) in [5, 5.41) is 3.76. The van der Waals surface area contributed by atoms with Crippen LogP contribution in [0.1, 0.15) is 52.4 Å². The van der Waals surface area contributed by atoms with E-state index in [1.165, 1.54) is 0 Å². The second-order valence-corrected chi connectivity index (χ2v) is 6.72. The Labute approximate surface area is 126 Å². The van der Waals surface area contributed by atoms with Crippen molar-refractivity contribution in [2.45, 2.75) is 76.5 Å². The molecular formula is C16H25N3O2. The minimum atomic E-state index is 0.150. The fourth-order valence-electron chi connectivity index (χ4n) is 3.92. The lowest BCUT2D eigenvalue weighted by Crippen LogP contribution is -2.46. The van der Waals surface area contributed by atoms with E-state index in [2.05, 4.69) is 29.1 Å². The molecule has 0 aromatic carbocycles. The van der Waals surface area contributed by atoms with Crippen LogP contribution in [0.2, 0.25) is 0 Å². The van der Waals surface area contributed by atoms with Gasteiger partial charge < -0.3 is 5.32 Å². The number of carbonyl (C=O) groups excluding carboxylic acids is 2. The predicted octanol–water partition coefficient (Wildman–Crippen LogP) is 2.36. The lowest BCUT2D eigenvalue weighted by molar-refractivity contribution is 0.207. The second kappa shape index (κ2) is 7.65. The maximum Gasteiger partial charge on any atom is 0.235 e. The Bertz CT molecular complexity index is 401. The summed E-state index contributed by atoms with van der Waals surface area (Å²) in [6.07, 6.45) is 9.61. The number of isocyanates is 2. The number of nitrogens with zero attached hydrogens (tertiary/aromatic N) is 2. The summed E-state index contributed by atoms with van der Waals surface area (Å²) in [7, 11) is 0. The zero-order valence-electron chi connectivity index (χ0n) is 12.9. The van der Waals surface area contributed by atoms with Crippen molar-refractivity contribution in [2.24, 2.45) is 21.8 Å². The lowest BCUT2D eigenvalue weighted by Gasteiger charge is -2.38. The molecule has 0 aliphatic heterocycles. The fraction of sp³-hybridized carbons (Fsp3) is 0.875. The summed E-state index contributed by atoms with van der Waals surface area (Å²) in [4.78, 5) is 28.6. The molecule has 2 fully saturated rings. The molecule has 5 heteroatoms. The van der Waals surface area contributed by atoms with Gasteiger partial charge in [-0.2, -0.15) is 0 Å². The Hall–Kier alpha value is -1.28. The van der Waals surface area contributed by atoms with E-state index in [1.807, 2.05) is 0 Å². The van der Waals surface area contributed by atoms with Gasteiger partial charge in [-0.1, -0.05) is 13.8 Å². The van der Waals surface area contributed by atoms with Crippen molar-refractivity contribution in [3.8, 4) is 0 Å². The van der Waals surface area contributed by atoms with E-state index < -0.39 is 0 Å². The summed E-state index contributed by atoms with van der Waals surface area (Å²) < 4.78 is 0. The van der Waals surface area contributed by atoms with E-state index in [9.17, 15) is 9.59 Å². The van der Waals surface area contributed by atoms with Crippen molar-refractivity contribution < 1.29 is 9.59 Å². The van der Waals surface area contributed by atoms with Gasteiger partial charge in [-0.3, -0.25) is 0 Å². The number of rotatable bonds is 4. The van der Waals surface area contributed by atoms with E-state index in [0.717, 1.165) is 38.5 Å². The highest BCUT2D eigenvalue weighted by molar-refractivity contribution is 5.34. The first-order valence-corrected chi connectivity index (χ1v) is 8.04. The number of hydrogen-bond donors (Lipinski definition) is 1. The molecule has 6 unspecified atom stereocenters. The van der Waals surface area contributed by atoms with Crippen LogP contribution in [0.5, 0.6) is 0 Å². The third-order valence-electron chi connectivity index (χ3n) is 5.16. The SMILES string of the molecule is CC1CC(NC2CCC(N=C=O)C(C)C2)CCC1N=C=O. The molecule has 0 heterocycles. The van der Waals surface area contributed by atoms with Crippen LogP contribution in [0, 0.1) is 11.8 Å². The molecule has 0 aromatic rings. The maximum atomic E-state index is 10.4. The lowest BCUT2D eigenvalue weighted by atomic mass is 9.80. The van der Waals surface area contributed by atoms with Gasteiger partial charge in [0.05, 0.1) is 12.1 Å². The standard InChI is InChI=1S/C16H25N3O2/c1-11-7-13(3-5-15(11)17-9-20)19-14-4-6-16(18-10-21)12(2)8-14/h11-16,19H,3-8H2,1-2H3. The minimum absolute atomic E-state index is 0.150. The first-order valence-electron chi connectivity index (χ1n) is 8.04.